The van der Waals surface area contributed by atoms with Crippen molar-refractivity contribution in [3.05, 3.63) is 0 Å². The molecule has 0 spiro atoms. The molecule has 1 saturated carbocycles. The smallest absolute Gasteiger partial charge is 0.306 e. The monoisotopic (exact) mass is 254 g/mol. The lowest BCUT2D eigenvalue weighted by Gasteiger charge is -2.36. The summed E-state index contributed by atoms with van der Waals surface area (Å²) in [5.74, 6) is -0.366. The van der Waals surface area contributed by atoms with Crippen LogP contribution < -0.4 is 5.32 Å². The fourth-order valence-corrected chi connectivity index (χ4v) is 3.40. The Labute approximate surface area is 110 Å². The Morgan fingerprint density at radius 2 is 2.17 bits per heavy atom. The van der Waals surface area contributed by atoms with Crippen molar-refractivity contribution in [2.45, 2.75) is 51.1 Å². The van der Waals surface area contributed by atoms with Crippen LogP contribution in [0.2, 0.25) is 0 Å². The summed E-state index contributed by atoms with van der Waals surface area (Å²) in [6.45, 7) is 4.30. The molecule has 0 aromatic rings. The van der Waals surface area contributed by atoms with Gasteiger partial charge in [0.1, 0.15) is 0 Å². The van der Waals surface area contributed by atoms with Crippen LogP contribution >= 0.6 is 0 Å². The van der Waals surface area contributed by atoms with Crippen LogP contribution in [-0.4, -0.2) is 48.2 Å². The second-order valence-electron chi connectivity index (χ2n) is 6.09. The highest BCUT2D eigenvalue weighted by Crippen LogP contribution is 2.31. The third-order valence-electron chi connectivity index (χ3n) is 4.85. The molecule has 2 aliphatic rings. The largest absolute Gasteiger partial charge is 0.481 e. The number of nitrogens with one attached hydrogen (secondary N) is 1. The van der Waals surface area contributed by atoms with Crippen LogP contribution in [0.25, 0.3) is 0 Å². The van der Waals surface area contributed by atoms with Crippen molar-refractivity contribution in [3.63, 3.8) is 0 Å². The van der Waals surface area contributed by atoms with Crippen LogP contribution in [0.1, 0.15) is 39.0 Å². The number of piperidine rings is 1. The topological polar surface area (TPSA) is 52.6 Å². The first-order valence-electron chi connectivity index (χ1n) is 7.24. The summed E-state index contributed by atoms with van der Waals surface area (Å²) in [5, 5.41) is 12.8. The number of hydrogen-bond acceptors (Lipinski definition) is 3. The third-order valence-corrected chi connectivity index (χ3v) is 4.85. The van der Waals surface area contributed by atoms with Crippen molar-refractivity contribution in [2.75, 3.05) is 20.1 Å². The predicted molar refractivity (Wildman–Crippen MR) is 71.6 cm³/mol. The number of carboxylic acids is 1. The molecular formula is C14H26N2O2. The van der Waals surface area contributed by atoms with E-state index in [9.17, 15) is 4.79 Å². The van der Waals surface area contributed by atoms with Crippen molar-refractivity contribution >= 4 is 5.97 Å². The van der Waals surface area contributed by atoms with E-state index in [4.69, 9.17) is 5.11 Å². The molecule has 1 aliphatic heterocycles. The lowest BCUT2D eigenvalue weighted by molar-refractivity contribution is -0.142. The van der Waals surface area contributed by atoms with E-state index in [0.29, 0.717) is 18.0 Å². The number of carboxylic acid groups (broad SMARTS) is 1. The van der Waals surface area contributed by atoms with Gasteiger partial charge in [-0.05, 0) is 58.7 Å². The zero-order valence-corrected chi connectivity index (χ0v) is 11.6. The maximum atomic E-state index is 11.1. The minimum absolute atomic E-state index is 0.110. The predicted octanol–water partition coefficient (Wildman–Crippen LogP) is 1.56. The van der Waals surface area contributed by atoms with Gasteiger partial charge in [0.2, 0.25) is 0 Å². The summed E-state index contributed by atoms with van der Waals surface area (Å²) in [6.07, 6.45) is 5.39. The fraction of sp³-hybridized carbons (Fsp3) is 0.929. The Bertz CT molecular complexity index is 296. The number of rotatable bonds is 4. The highest BCUT2D eigenvalue weighted by Gasteiger charge is 2.33. The molecule has 0 aromatic carbocycles. The van der Waals surface area contributed by atoms with Gasteiger partial charge < -0.3 is 15.3 Å². The highest BCUT2D eigenvalue weighted by molar-refractivity contribution is 5.70. The van der Waals surface area contributed by atoms with Crippen molar-refractivity contribution in [3.8, 4) is 0 Å². The molecule has 18 heavy (non-hydrogen) atoms. The van der Waals surface area contributed by atoms with Crippen LogP contribution in [0, 0.1) is 11.8 Å². The van der Waals surface area contributed by atoms with Gasteiger partial charge in [0.05, 0.1) is 5.92 Å². The zero-order valence-electron chi connectivity index (χ0n) is 11.6. The van der Waals surface area contributed by atoms with E-state index in [1.807, 2.05) is 0 Å². The molecule has 2 rings (SSSR count). The number of carbonyl (C=O) groups is 1. The number of hydrogen-bond donors (Lipinski definition) is 2. The lowest BCUT2D eigenvalue weighted by atomic mass is 9.94. The Balaban J connectivity index is 1.76. The van der Waals surface area contributed by atoms with E-state index in [1.165, 1.54) is 12.8 Å². The third kappa shape index (κ3) is 3.23. The van der Waals surface area contributed by atoms with Gasteiger partial charge in [-0.2, -0.15) is 0 Å². The molecule has 1 aliphatic carbocycles. The van der Waals surface area contributed by atoms with Gasteiger partial charge in [0, 0.05) is 12.1 Å². The van der Waals surface area contributed by atoms with E-state index in [0.717, 1.165) is 32.4 Å². The molecule has 0 amide bonds. The van der Waals surface area contributed by atoms with Gasteiger partial charge >= 0.3 is 5.97 Å². The second kappa shape index (κ2) is 6.02. The van der Waals surface area contributed by atoms with E-state index in [2.05, 4.69) is 24.2 Å². The Kier molecular flexibility index (Phi) is 4.62. The summed E-state index contributed by atoms with van der Waals surface area (Å²) < 4.78 is 0. The molecule has 1 heterocycles. The number of nitrogens with zero attached hydrogens (tertiary/aromatic N) is 1. The average molecular weight is 254 g/mol. The molecule has 4 atom stereocenters. The van der Waals surface area contributed by atoms with Crippen molar-refractivity contribution in [1.82, 2.24) is 10.2 Å². The van der Waals surface area contributed by atoms with E-state index < -0.39 is 5.97 Å². The molecule has 0 bridgehead atoms. The van der Waals surface area contributed by atoms with Crippen molar-refractivity contribution in [1.29, 1.82) is 0 Å². The summed E-state index contributed by atoms with van der Waals surface area (Å²) in [5.41, 5.74) is 0. The Morgan fingerprint density at radius 1 is 1.39 bits per heavy atom. The van der Waals surface area contributed by atoms with Gasteiger partial charge in [-0.15, -0.1) is 0 Å². The van der Waals surface area contributed by atoms with Gasteiger partial charge in [-0.25, -0.2) is 0 Å². The first-order valence-corrected chi connectivity index (χ1v) is 7.24. The first kappa shape index (κ1) is 13.8. The minimum Gasteiger partial charge on any atom is -0.481 e. The van der Waals surface area contributed by atoms with Gasteiger partial charge in [0.15, 0.2) is 0 Å². The molecule has 104 valence electrons. The summed E-state index contributed by atoms with van der Waals surface area (Å²) in [6, 6.07) is 1.21. The molecule has 1 saturated heterocycles. The Morgan fingerprint density at radius 3 is 2.83 bits per heavy atom. The Hall–Kier alpha value is -0.610. The second-order valence-corrected chi connectivity index (χ2v) is 6.09. The van der Waals surface area contributed by atoms with Gasteiger partial charge in [-0.1, -0.05) is 6.42 Å². The quantitative estimate of drug-likeness (QED) is 0.799. The zero-order chi connectivity index (χ0) is 13.1. The lowest BCUT2D eigenvalue weighted by Crippen LogP contribution is -2.47. The van der Waals surface area contributed by atoms with Crippen LogP contribution in [0.15, 0.2) is 0 Å². The van der Waals surface area contributed by atoms with Crippen LogP contribution in [-0.2, 0) is 4.79 Å². The maximum absolute atomic E-state index is 11.1. The van der Waals surface area contributed by atoms with Crippen molar-refractivity contribution < 1.29 is 9.90 Å². The number of aliphatic carboxylic acids is 1. The molecule has 0 radical (unpaired) electrons. The van der Waals surface area contributed by atoms with Crippen LogP contribution in [0.5, 0.6) is 0 Å². The standard InChI is InChI=1S/C14H26N2O2/c1-10-8-12(6-7-16(10)2)15-9-11-4-3-5-13(11)14(17)18/h10-13,15H,3-9H2,1-2H3,(H,17,18). The maximum Gasteiger partial charge on any atom is 0.306 e. The number of likely N-dealkylation sites (tertiary alicyclic amines) is 1. The molecule has 4 nitrogen and oxygen atoms in total. The normalized spacial score (nSPS) is 37.9. The molecule has 2 N–H and O–H groups in total. The van der Waals surface area contributed by atoms with Gasteiger partial charge in [0.25, 0.3) is 0 Å². The van der Waals surface area contributed by atoms with E-state index in [1.54, 1.807) is 0 Å². The molecule has 4 heteroatoms. The molecule has 4 unspecified atom stereocenters. The summed E-state index contributed by atoms with van der Waals surface area (Å²) >= 11 is 0. The van der Waals surface area contributed by atoms with Crippen LogP contribution in [0.3, 0.4) is 0 Å². The van der Waals surface area contributed by atoms with E-state index in [-0.39, 0.29) is 5.92 Å². The van der Waals surface area contributed by atoms with Crippen molar-refractivity contribution in [2.24, 2.45) is 11.8 Å². The average Bonchev–Trinajstić information content (AvgIpc) is 2.79. The van der Waals surface area contributed by atoms with E-state index >= 15 is 0 Å². The van der Waals surface area contributed by atoms with Gasteiger partial charge in [-0.3, -0.25) is 4.79 Å². The summed E-state index contributed by atoms with van der Waals surface area (Å²) in [4.78, 5) is 13.5. The fourth-order valence-electron chi connectivity index (χ4n) is 3.40. The SMILES string of the molecule is CC1CC(NCC2CCCC2C(=O)O)CCN1C. The van der Waals surface area contributed by atoms with Crippen LogP contribution in [0.4, 0.5) is 0 Å². The first-order chi connectivity index (χ1) is 8.58. The molecule has 2 fully saturated rings. The minimum atomic E-state index is -0.601. The highest BCUT2D eigenvalue weighted by atomic mass is 16.4. The molecule has 0 aromatic heterocycles. The summed E-state index contributed by atoms with van der Waals surface area (Å²) in [7, 11) is 2.18. The molecular weight excluding hydrogens is 228 g/mol.